The Morgan fingerprint density at radius 2 is 1.76 bits per heavy atom. The molecule has 0 saturated heterocycles. The molecule has 0 heterocycles. The highest BCUT2D eigenvalue weighted by molar-refractivity contribution is 6.31. The molecule has 0 aliphatic rings. The van der Waals surface area contributed by atoms with Gasteiger partial charge in [0.15, 0.2) is 0 Å². The maximum atomic E-state index is 6.04. The number of nitrogens with zero attached hydrogens (tertiary/aromatic N) is 1. The van der Waals surface area contributed by atoms with E-state index < -0.39 is 0 Å². The SMILES string of the molecule is CN(c1ccccc1)c1cc(Cl)ccc1CCl. The van der Waals surface area contributed by atoms with E-state index in [1.807, 2.05) is 43.4 Å². The Kier molecular flexibility index (Phi) is 3.93. The lowest BCUT2D eigenvalue weighted by Crippen LogP contribution is -2.11. The van der Waals surface area contributed by atoms with Gasteiger partial charge in [0.25, 0.3) is 0 Å². The molecule has 0 aromatic heterocycles. The summed E-state index contributed by atoms with van der Waals surface area (Å²) >= 11 is 12.0. The third kappa shape index (κ3) is 2.74. The minimum Gasteiger partial charge on any atom is -0.344 e. The van der Waals surface area contributed by atoms with Gasteiger partial charge in [0.1, 0.15) is 0 Å². The molecule has 0 spiro atoms. The Balaban J connectivity index is 2.43. The van der Waals surface area contributed by atoms with E-state index in [0.29, 0.717) is 5.88 Å². The van der Waals surface area contributed by atoms with Gasteiger partial charge in [-0.15, -0.1) is 11.6 Å². The molecule has 0 fully saturated rings. The largest absolute Gasteiger partial charge is 0.344 e. The normalized spacial score (nSPS) is 10.3. The summed E-state index contributed by atoms with van der Waals surface area (Å²) in [6.45, 7) is 0. The quantitative estimate of drug-likeness (QED) is 0.718. The van der Waals surface area contributed by atoms with E-state index in [0.717, 1.165) is 22.0 Å². The topological polar surface area (TPSA) is 3.24 Å². The van der Waals surface area contributed by atoms with Crippen LogP contribution in [-0.4, -0.2) is 7.05 Å². The Morgan fingerprint density at radius 1 is 1.06 bits per heavy atom. The number of rotatable bonds is 3. The molecule has 0 N–H and O–H groups in total. The Morgan fingerprint density at radius 3 is 2.41 bits per heavy atom. The minimum atomic E-state index is 0.476. The Bertz CT molecular complexity index is 497. The van der Waals surface area contributed by atoms with Crippen LogP contribution in [0, 0.1) is 0 Å². The fraction of sp³-hybridized carbons (Fsp3) is 0.143. The number of alkyl halides is 1. The van der Waals surface area contributed by atoms with Gasteiger partial charge in [0, 0.05) is 29.3 Å². The molecule has 0 aliphatic heterocycles. The highest BCUT2D eigenvalue weighted by atomic mass is 35.5. The monoisotopic (exact) mass is 265 g/mol. The Hall–Kier alpha value is -1.18. The molecule has 0 bridgehead atoms. The Labute approximate surface area is 112 Å². The van der Waals surface area contributed by atoms with E-state index in [-0.39, 0.29) is 0 Å². The van der Waals surface area contributed by atoms with Crippen molar-refractivity contribution >= 4 is 34.6 Å². The standard InChI is InChI=1S/C14H13Cl2N/c1-17(13-5-3-2-4-6-13)14-9-12(16)8-7-11(14)10-15/h2-9H,10H2,1H3. The van der Waals surface area contributed by atoms with E-state index in [4.69, 9.17) is 23.2 Å². The van der Waals surface area contributed by atoms with Crippen molar-refractivity contribution in [2.45, 2.75) is 5.88 Å². The van der Waals surface area contributed by atoms with Crippen LogP contribution in [0.1, 0.15) is 5.56 Å². The second kappa shape index (κ2) is 5.44. The average Bonchev–Trinajstić information content (AvgIpc) is 2.39. The molecule has 0 saturated carbocycles. The molecule has 0 aliphatic carbocycles. The van der Waals surface area contributed by atoms with Crippen LogP contribution in [0.3, 0.4) is 0 Å². The molecule has 2 aromatic rings. The molecule has 0 amide bonds. The van der Waals surface area contributed by atoms with E-state index in [1.54, 1.807) is 0 Å². The molecular formula is C14H13Cl2N. The van der Waals surface area contributed by atoms with Crippen molar-refractivity contribution in [1.82, 2.24) is 0 Å². The molecule has 1 nitrogen and oxygen atoms in total. The predicted molar refractivity (Wildman–Crippen MR) is 75.5 cm³/mol. The number of anilines is 2. The summed E-state index contributed by atoms with van der Waals surface area (Å²) in [6, 6.07) is 15.9. The first-order valence-electron chi connectivity index (χ1n) is 5.35. The van der Waals surface area contributed by atoms with Crippen LogP contribution in [0.25, 0.3) is 0 Å². The van der Waals surface area contributed by atoms with Crippen molar-refractivity contribution in [2.75, 3.05) is 11.9 Å². The number of benzene rings is 2. The van der Waals surface area contributed by atoms with Gasteiger partial charge in [-0.05, 0) is 29.8 Å². The van der Waals surface area contributed by atoms with Crippen LogP contribution in [0.15, 0.2) is 48.5 Å². The summed E-state index contributed by atoms with van der Waals surface area (Å²) in [7, 11) is 2.01. The average molecular weight is 266 g/mol. The van der Waals surface area contributed by atoms with E-state index in [1.165, 1.54) is 0 Å². The van der Waals surface area contributed by atoms with Gasteiger partial charge in [-0.3, -0.25) is 0 Å². The summed E-state index contributed by atoms with van der Waals surface area (Å²) in [6.07, 6.45) is 0. The van der Waals surface area contributed by atoms with Crippen molar-refractivity contribution in [2.24, 2.45) is 0 Å². The molecule has 0 radical (unpaired) electrons. The summed E-state index contributed by atoms with van der Waals surface area (Å²) in [4.78, 5) is 2.09. The smallest absolute Gasteiger partial charge is 0.0494 e. The van der Waals surface area contributed by atoms with E-state index >= 15 is 0 Å². The summed E-state index contributed by atoms with van der Waals surface area (Å²) in [5.74, 6) is 0.476. The van der Waals surface area contributed by atoms with Crippen LogP contribution in [0.4, 0.5) is 11.4 Å². The van der Waals surface area contributed by atoms with Crippen molar-refractivity contribution < 1.29 is 0 Å². The predicted octanol–water partition coefficient (Wildman–Crippen LogP) is 4.85. The molecule has 3 heteroatoms. The molecule has 0 atom stereocenters. The highest BCUT2D eigenvalue weighted by Crippen LogP contribution is 2.30. The number of hydrogen-bond acceptors (Lipinski definition) is 1. The fourth-order valence-electron chi connectivity index (χ4n) is 1.75. The summed E-state index contributed by atoms with van der Waals surface area (Å²) in [5.41, 5.74) is 3.22. The third-order valence-corrected chi connectivity index (χ3v) is 3.22. The lowest BCUT2D eigenvalue weighted by molar-refractivity contribution is 1.18. The summed E-state index contributed by atoms with van der Waals surface area (Å²) < 4.78 is 0. The molecular weight excluding hydrogens is 253 g/mol. The molecule has 17 heavy (non-hydrogen) atoms. The van der Waals surface area contributed by atoms with E-state index in [2.05, 4.69) is 17.0 Å². The zero-order chi connectivity index (χ0) is 12.3. The third-order valence-electron chi connectivity index (χ3n) is 2.70. The van der Waals surface area contributed by atoms with Crippen molar-refractivity contribution in [1.29, 1.82) is 0 Å². The minimum absolute atomic E-state index is 0.476. The van der Waals surface area contributed by atoms with Crippen LogP contribution in [0.2, 0.25) is 5.02 Å². The van der Waals surface area contributed by atoms with Gasteiger partial charge >= 0.3 is 0 Å². The zero-order valence-electron chi connectivity index (χ0n) is 9.53. The van der Waals surface area contributed by atoms with Gasteiger partial charge < -0.3 is 4.90 Å². The molecule has 88 valence electrons. The van der Waals surface area contributed by atoms with Crippen molar-refractivity contribution in [3.8, 4) is 0 Å². The second-order valence-electron chi connectivity index (χ2n) is 3.80. The highest BCUT2D eigenvalue weighted by Gasteiger charge is 2.09. The van der Waals surface area contributed by atoms with Crippen LogP contribution < -0.4 is 4.90 Å². The first-order valence-corrected chi connectivity index (χ1v) is 6.27. The van der Waals surface area contributed by atoms with Gasteiger partial charge in [0.05, 0.1) is 0 Å². The molecule has 0 unspecified atom stereocenters. The van der Waals surface area contributed by atoms with E-state index in [9.17, 15) is 0 Å². The van der Waals surface area contributed by atoms with Crippen molar-refractivity contribution in [3.63, 3.8) is 0 Å². The summed E-state index contributed by atoms with van der Waals surface area (Å²) in [5, 5.41) is 0.719. The zero-order valence-corrected chi connectivity index (χ0v) is 11.0. The maximum absolute atomic E-state index is 6.04. The van der Waals surface area contributed by atoms with Crippen LogP contribution in [0.5, 0.6) is 0 Å². The lowest BCUT2D eigenvalue weighted by Gasteiger charge is -2.22. The first-order chi connectivity index (χ1) is 8.22. The fourth-order valence-corrected chi connectivity index (χ4v) is 2.15. The van der Waals surface area contributed by atoms with Gasteiger partial charge in [-0.2, -0.15) is 0 Å². The van der Waals surface area contributed by atoms with Gasteiger partial charge in [0.2, 0.25) is 0 Å². The molecule has 2 aromatic carbocycles. The van der Waals surface area contributed by atoms with Crippen molar-refractivity contribution in [3.05, 3.63) is 59.1 Å². The lowest BCUT2D eigenvalue weighted by atomic mass is 10.1. The number of para-hydroxylation sites is 1. The van der Waals surface area contributed by atoms with Gasteiger partial charge in [-0.1, -0.05) is 35.9 Å². The van der Waals surface area contributed by atoms with Crippen LogP contribution >= 0.6 is 23.2 Å². The first kappa shape index (κ1) is 12.3. The molecule has 2 rings (SSSR count). The van der Waals surface area contributed by atoms with Gasteiger partial charge in [-0.25, -0.2) is 0 Å². The number of hydrogen-bond donors (Lipinski definition) is 0. The second-order valence-corrected chi connectivity index (χ2v) is 4.50. The maximum Gasteiger partial charge on any atom is 0.0494 e. The van der Waals surface area contributed by atoms with Crippen LogP contribution in [-0.2, 0) is 5.88 Å². The number of halogens is 2.